The van der Waals surface area contributed by atoms with Crippen LogP contribution in [0.25, 0.3) is 21.2 Å². The number of hydrogen-bond donors (Lipinski definition) is 0. The number of fused-ring (bicyclic) bond motifs is 1. The molecule has 1 saturated heterocycles. The molecule has 3 heterocycles. The van der Waals surface area contributed by atoms with E-state index in [2.05, 4.69) is 14.0 Å². The summed E-state index contributed by atoms with van der Waals surface area (Å²) in [5.41, 5.74) is 3.01. The van der Waals surface area contributed by atoms with Gasteiger partial charge in [0.1, 0.15) is 16.3 Å². The number of methoxy groups -OCH3 is 2. The molecular weight excluding hydrogens is 785 g/mol. The number of esters is 1. The van der Waals surface area contributed by atoms with E-state index in [0.717, 1.165) is 41.3 Å². The van der Waals surface area contributed by atoms with Gasteiger partial charge in [-0.1, -0.05) is 13.8 Å². The Morgan fingerprint density at radius 1 is 1.10 bits per heavy atom. The van der Waals surface area contributed by atoms with E-state index in [9.17, 15) is 18.8 Å². The van der Waals surface area contributed by atoms with Crippen molar-refractivity contribution >= 4 is 39.6 Å². The van der Waals surface area contributed by atoms with E-state index in [1.165, 1.54) is 43.8 Å². The van der Waals surface area contributed by atoms with Crippen LogP contribution in [0, 0.1) is 13.2 Å². The number of pyridine rings is 1. The number of benzene rings is 2. The minimum atomic E-state index is -0.465. The first-order valence-electron chi connectivity index (χ1n) is 12.6. The molecule has 2 aromatic carbocycles. The van der Waals surface area contributed by atoms with Crippen LogP contribution in [0.1, 0.15) is 47.4 Å². The topological polar surface area (TPSA) is 90.7 Å². The van der Waals surface area contributed by atoms with Crippen molar-refractivity contribution in [2.45, 2.75) is 26.7 Å². The van der Waals surface area contributed by atoms with Gasteiger partial charge in [-0.2, -0.15) is 4.37 Å². The monoisotopic (exact) mass is 820 g/mol. The van der Waals surface area contributed by atoms with Crippen molar-refractivity contribution < 1.29 is 23.5 Å². The Morgan fingerprint density at radius 3 is 2.39 bits per heavy atom. The fourth-order valence-corrected chi connectivity index (χ4v) is 4.99. The molecule has 0 unspecified atom stereocenters. The molecule has 0 amide bonds. The van der Waals surface area contributed by atoms with Gasteiger partial charge in [-0.05, 0) is 60.3 Å². The van der Waals surface area contributed by atoms with Crippen LogP contribution in [0.3, 0.4) is 0 Å². The van der Waals surface area contributed by atoms with Gasteiger partial charge >= 0.3 is 5.97 Å². The third-order valence-corrected chi connectivity index (χ3v) is 6.94. The summed E-state index contributed by atoms with van der Waals surface area (Å²) in [5, 5.41) is 0.728. The summed E-state index contributed by atoms with van der Waals surface area (Å²) >= 11 is 1.14. The Balaban J connectivity index is 0.000000374. The van der Waals surface area contributed by atoms with Crippen molar-refractivity contribution in [3.63, 3.8) is 0 Å². The first kappa shape index (κ1) is 34.0. The quantitative estimate of drug-likeness (QED) is 0.135. The molecule has 41 heavy (non-hydrogen) atoms. The standard InChI is InChI=1S/C14H11FN2O2S.C13H15NO3.C2H6.CH3.Es/c1-17-7-12(11-6-16-20-13(11)14(17)18)8-3-9(15)5-10(4-8)19-2;1-17-13(16)12-8-11(5-4-10(12)9-15)14-6-2-3-7-14;1-2;;/h3-7H,1-2H3;4-5,8-9H,2-3,6-7H2,1H3;1-2H3;1H3;/q;;;-1;. The third-order valence-electron chi connectivity index (χ3n) is 6.16. The molecule has 0 saturated carbocycles. The molecule has 11 heteroatoms. The number of anilines is 1. The number of ether oxygens (including phenoxy) is 2. The number of carbonyl (C=O) groups is 2. The third kappa shape index (κ3) is 7.54. The molecule has 0 N–H and O–H groups in total. The molecule has 4 aromatic rings. The summed E-state index contributed by atoms with van der Waals surface area (Å²) in [4.78, 5) is 36.6. The maximum Gasteiger partial charge on any atom is 0.338 e. The van der Waals surface area contributed by atoms with Crippen LogP contribution in [0.4, 0.5) is 10.1 Å². The van der Waals surface area contributed by atoms with Gasteiger partial charge in [0.15, 0.2) is 6.29 Å². The molecule has 1 aliphatic rings. The van der Waals surface area contributed by atoms with E-state index in [0.29, 0.717) is 33.4 Å². The number of aromatic nitrogens is 2. The molecule has 1 fully saturated rings. The molecule has 0 spiro atoms. The Kier molecular flexibility index (Phi) is 12.9. The van der Waals surface area contributed by atoms with E-state index in [1.54, 1.807) is 37.6 Å². The van der Waals surface area contributed by atoms with Crippen molar-refractivity contribution in [3.8, 4) is 16.9 Å². The molecule has 0 atom stereocenters. The summed E-state index contributed by atoms with van der Waals surface area (Å²) in [6, 6.07) is 9.75. The summed E-state index contributed by atoms with van der Waals surface area (Å²) in [7, 11) is 4.47. The SMILES string of the molecule is CC.COC(=O)c1cc(N2CCCC2)ccc1C=O.COc1cc(F)cc(-c2cn(C)c(=O)c3sncc23)c1.[CH3-].[Es]. The second-order valence-electron chi connectivity index (χ2n) is 8.48. The Morgan fingerprint density at radius 2 is 1.78 bits per heavy atom. The molecule has 1 aliphatic heterocycles. The number of carbonyl (C=O) groups excluding carboxylic acids is 2. The zero-order valence-electron chi connectivity index (χ0n) is 24.0. The van der Waals surface area contributed by atoms with Crippen LogP contribution in [-0.4, -0.2) is 48.5 Å². The van der Waals surface area contributed by atoms with E-state index >= 15 is 0 Å². The molecule has 8 nitrogen and oxygen atoms in total. The van der Waals surface area contributed by atoms with Crippen LogP contribution in [-0.2, 0) is 11.8 Å². The number of halogens is 1. The number of rotatable bonds is 5. The average molecular weight is 821 g/mol. The zero-order chi connectivity index (χ0) is 28.5. The summed E-state index contributed by atoms with van der Waals surface area (Å²) < 4.78 is 29.5. The van der Waals surface area contributed by atoms with Crippen molar-refractivity contribution in [3.05, 3.63) is 83.5 Å². The van der Waals surface area contributed by atoms with Crippen LogP contribution in [0.2, 0.25) is 0 Å². The van der Waals surface area contributed by atoms with Gasteiger partial charge in [-0.25, -0.2) is 9.18 Å². The average Bonchev–Trinajstić information content (AvgIpc) is 3.68. The zero-order valence-corrected chi connectivity index (χ0v) is 27.3. The minimum Gasteiger partial charge on any atom is -0.497 e. The van der Waals surface area contributed by atoms with Crippen LogP contribution < -0.4 is 15.2 Å². The number of hydrogen-bond acceptors (Lipinski definition) is 8. The van der Waals surface area contributed by atoms with Crippen LogP contribution in [0.5, 0.6) is 5.75 Å². The smallest absolute Gasteiger partial charge is 0.338 e. The van der Waals surface area contributed by atoms with Gasteiger partial charge in [0, 0.05) is 60.8 Å². The van der Waals surface area contributed by atoms with Gasteiger partial charge in [0.25, 0.3) is 5.56 Å². The van der Waals surface area contributed by atoms with Gasteiger partial charge < -0.3 is 26.4 Å². The number of nitrogens with zero attached hydrogens (tertiary/aromatic N) is 3. The first-order valence-corrected chi connectivity index (χ1v) is 13.3. The molecule has 5 rings (SSSR count). The largest absolute Gasteiger partial charge is 0.497 e. The van der Waals surface area contributed by atoms with E-state index in [1.807, 2.05) is 19.9 Å². The van der Waals surface area contributed by atoms with Crippen molar-refractivity contribution in [1.29, 1.82) is 0 Å². The van der Waals surface area contributed by atoms with Gasteiger partial charge in [0.2, 0.25) is 0 Å². The minimum absolute atomic E-state index is 0. The molecule has 1 radical (unpaired) electrons. The fraction of sp³-hybridized carbons (Fsp3) is 0.300. The van der Waals surface area contributed by atoms with Crippen LogP contribution >= 0.6 is 11.5 Å². The fourth-order valence-electron chi connectivity index (χ4n) is 4.24. The number of aldehydes is 1. The second-order valence-corrected chi connectivity index (χ2v) is 9.28. The normalized spacial score (nSPS) is 11.6. The summed E-state index contributed by atoms with van der Waals surface area (Å²) in [6.07, 6.45) is 6.34. The maximum absolute atomic E-state index is 13.6. The van der Waals surface area contributed by atoms with Crippen molar-refractivity contribution in [2.75, 3.05) is 32.2 Å². The maximum atomic E-state index is 13.6. The summed E-state index contributed by atoms with van der Waals surface area (Å²) in [6.45, 7) is 6.00. The van der Waals surface area contributed by atoms with Gasteiger partial charge in [-0.3, -0.25) is 9.59 Å². The van der Waals surface area contributed by atoms with E-state index < -0.39 is 5.97 Å². The number of aryl methyl sites for hydroxylation is 1. The second kappa shape index (κ2) is 15.5. The molecule has 225 valence electrons. The van der Waals surface area contributed by atoms with E-state index in [-0.39, 0.29) is 18.8 Å². The van der Waals surface area contributed by atoms with E-state index in [4.69, 9.17) is 4.74 Å². The van der Waals surface area contributed by atoms with Crippen LogP contribution in [0.15, 0.2) is 53.6 Å². The molecular formula is C30H35EsFN3O5S-. The predicted octanol–water partition coefficient (Wildman–Crippen LogP) is 6.17. The van der Waals surface area contributed by atoms with Gasteiger partial charge in [-0.15, -0.1) is 0 Å². The predicted molar refractivity (Wildman–Crippen MR) is 159 cm³/mol. The Labute approximate surface area is 238 Å². The molecule has 0 bridgehead atoms. The summed E-state index contributed by atoms with van der Waals surface area (Å²) in [5.74, 6) is -0.414. The molecule has 2 aromatic heterocycles. The Hall–Kier alpha value is -5.05. The molecule has 0 aliphatic carbocycles. The van der Waals surface area contributed by atoms with Crippen molar-refractivity contribution in [1.82, 2.24) is 8.94 Å². The van der Waals surface area contributed by atoms with Gasteiger partial charge in [0.05, 0.1) is 19.8 Å². The van der Waals surface area contributed by atoms with Crippen molar-refractivity contribution in [2.24, 2.45) is 7.05 Å². The first-order chi connectivity index (χ1) is 18.9. The Bertz CT molecular complexity index is 1520.